The molecule has 1 aromatic rings. The third kappa shape index (κ3) is 4.96. The minimum Gasteiger partial charge on any atom is -0.493 e. The summed E-state index contributed by atoms with van der Waals surface area (Å²) < 4.78 is 10.9. The number of fused-ring (bicyclic) bond motifs is 1. The Balaban J connectivity index is 0.00000261. The molecule has 150 valence electrons. The van der Waals surface area contributed by atoms with Gasteiger partial charge in [-0.3, -0.25) is 4.79 Å². The normalized spacial score (nSPS) is 23.7. The van der Waals surface area contributed by atoms with Gasteiger partial charge in [-0.2, -0.15) is 0 Å². The number of amides is 1. The van der Waals surface area contributed by atoms with Gasteiger partial charge >= 0.3 is 0 Å². The highest BCUT2D eigenvalue weighted by atomic mass is 35.5. The number of carbonyl (C=O) groups excluding carboxylic acids is 1. The molecule has 27 heavy (non-hydrogen) atoms. The van der Waals surface area contributed by atoms with E-state index < -0.39 is 0 Å². The van der Waals surface area contributed by atoms with Gasteiger partial charge in [-0.05, 0) is 49.3 Å². The van der Waals surface area contributed by atoms with Gasteiger partial charge < -0.3 is 20.1 Å². The highest BCUT2D eigenvalue weighted by Gasteiger charge is 2.38. The molecule has 6 heteroatoms. The van der Waals surface area contributed by atoms with E-state index in [9.17, 15) is 4.79 Å². The summed E-state index contributed by atoms with van der Waals surface area (Å²) in [6.45, 7) is 4.29. The van der Waals surface area contributed by atoms with Gasteiger partial charge in [-0.25, -0.2) is 0 Å². The van der Waals surface area contributed by atoms with Crippen molar-refractivity contribution < 1.29 is 14.3 Å². The summed E-state index contributed by atoms with van der Waals surface area (Å²) in [5.41, 5.74) is 2.01. The highest BCUT2D eigenvalue weighted by molar-refractivity contribution is 5.85. The number of hydrogen-bond acceptors (Lipinski definition) is 4. The lowest BCUT2D eigenvalue weighted by Crippen LogP contribution is -2.42. The van der Waals surface area contributed by atoms with Gasteiger partial charge in [0.1, 0.15) is 0 Å². The molecule has 1 aliphatic heterocycles. The molecule has 5 nitrogen and oxygen atoms in total. The van der Waals surface area contributed by atoms with Crippen LogP contribution < -0.4 is 20.1 Å². The molecule has 0 spiro atoms. The zero-order valence-electron chi connectivity index (χ0n) is 16.3. The standard InChI is InChI=1S/C21H30N2O3.ClH/c1-4-7-16-10-14(11-19(25-2)20(16)26-3)13-22-21(24)18-12-15-8-5-6-9-17(15)23-18;/h4,10-11,15,17-18,23H,1,5-9,12-13H2,2-3H3,(H,22,24);1H. The Bertz CT molecular complexity index is 651. The maximum absolute atomic E-state index is 12.6. The number of allylic oxidation sites excluding steroid dienone is 1. The third-order valence-electron chi connectivity index (χ3n) is 5.63. The molecule has 1 aliphatic carbocycles. The maximum atomic E-state index is 12.6. The molecule has 1 aromatic carbocycles. The van der Waals surface area contributed by atoms with Crippen LogP contribution in [0.2, 0.25) is 0 Å². The Labute approximate surface area is 168 Å². The van der Waals surface area contributed by atoms with Crippen LogP contribution in [0.3, 0.4) is 0 Å². The molecule has 0 radical (unpaired) electrons. The second-order valence-corrected chi connectivity index (χ2v) is 7.31. The van der Waals surface area contributed by atoms with Crippen molar-refractivity contribution in [1.29, 1.82) is 0 Å². The topological polar surface area (TPSA) is 59.6 Å². The van der Waals surface area contributed by atoms with Crippen LogP contribution in [0.4, 0.5) is 0 Å². The largest absolute Gasteiger partial charge is 0.493 e. The SMILES string of the molecule is C=CCc1cc(CNC(=O)C2CC3CCCCC3N2)cc(OC)c1OC.Cl. The average molecular weight is 395 g/mol. The number of methoxy groups -OCH3 is 2. The Morgan fingerprint density at radius 3 is 2.74 bits per heavy atom. The summed E-state index contributed by atoms with van der Waals surface area (Å²) in [7, 11) is 3.26. The summed E-state index contributed by atoms with van der Waals surface area (Å²) in [5, 5.41) is 6.62. The van der Waals surface area contributed by atoms with Crippen LogP contribution in [-0.2, 0) is 17.8 Å². The molecule has 2 N–H and O–H groups in total. The van der Waals surface area contributed by atoms with Gasteiger partial charge in [0, 0.05) is 18.2 Å². The number of ether oxygens (including phenoxy) is 2. The van der Waals surface area contributed by atoms with E-state index in [1.165, 1.54) is 25.7 Å². The second kappa shape index (κ2) is 10.00. The lowest BCUT2D eigenvalue weighted by molar-refractivity contribution is -0.123. The van der Waals surface area contributed by atoms with Crippen LogP contribution in [0.15, 0.2) is 24.8 Å². The molecule has 1 amide bonds. The van der Waals surface area contributed by atoms with Crippen molar-refractivity contribution in [3.05, 3.63) is 35.9 Å². The molecule has 2 aliphatic rings. The van der Waals surface area contributed by atoms with Crippen molar-refractivity contribution in [1.82, 2.24) is 10.6 Å². The average Bonchev–Trinajstić information content (AvgIpc) is 3.10. The van der Waals surface area contributed by atoms with Crippen LogP contribution in [0.25, 0.3) is 0 Å². The lowest BCUT2D eigenvalue weighted by Gasteiger charge is -2.24. The molecule has 1 heterocycles. The monoisotopic (exact) mass is 394 g/mol. The molecule has 0 bridgehead atoms. The first-order valence-corrected chi connectivity index (χ1v) is 9.54. The smallest absolute Gasteiger partial charge is 0.237 e. The first-order valence-electron chi connectivity index (χ1n) is 9.54. The van der Waals surface area contributed by atoms with Crippen LogP contribution in [-0.4, -0.2) is 32.2 Å². The Kier molecular flexibility index (Phi) is 7.99. The van der Waals surface area contributed by atoms with Crippen molar-refractivity contribution in [3.8, 4) is 11.5 Å². The van der Waals surface area contributed by atoms with Gasteiger partial charge in [0.2, 0.25) is 5.91 Å². The lowest BCUT2D eigenvalue weighted by atomic mass is 9.85. The predicted octanol–water partition coefficient (Wildman–Crippen LogP) is 3.39. The first-order chi connectivity index (χ1) is 12.7. The van der Waals surface area contributed by atoms with Crippen LogP contribution in [0.5, 0.6) is 11.5 Å². The van der Waals surface area contributed by atoms with Crippen molar-refractivity contribution >= 4 is 18.3 Å². The fourth-order valence-corrected chi connectivity index (χ4v) is 4.35. The van der Waals surface area contributed by atoms with E-state index in [0.29, 0.717) is 30.7 Å². The minimum absolute atomic E-state index is 0. The summed E-state index contributed by atoms with van der Waals surface area (Å²) in [6.07, 6.45) is 8.52. The Morgan fingerprint density at radius 1 is 1.30 bits per heavy atom. The number of carbonyl (C=O) groups is 1. The van der Waals surface area contributed by atoms with Crippen molar-refractivity contribution in [2.45, 2.75) is 57.2 Å². The van der Waals surface area contributed by atoms with Crippen molar-refractivity contribution in [2.24, 2.45) is 5.92 Å². The summed E-state index contributed by atoms with van der Waals surface area (Å²) in [5.74, 6) is 2.17. The third-order valence-corrected chi connectivity index (χ3v) is 5.63. The van der Waals surface area contributed by atoms with E-state index in [4.69, 9.17) is 9.47 Å². The predicted molar refractivity (Wildman–Crippen MR) is 110 cm³/mol. The van der Waals surface area contributed by atoms with Crippen molar-refractivity contribution in [3.63, 3.8) is 0 Å². The Hall–Kier alpha value is -1.72. The zero-order chi connectivity index (χ0) is 18.5. The van der Waals surface area contributed by atoms with Gasteiger partial charge in [-0.15, -0.1) is 19.0 Å². The number of rotatable bonds is 7. The van der Waals surface area contributed by atoms with Crippen LogP contribution in [0, 0.1) is 5.92 Å². The Morgan fingerprint density at radius 2 is 2.07 bits per heavy atom. The van der Waals surface area contributed by atoms with E-state index in [-0.39, 0.29) is 24.4 Å². The van der Waals surface area contributed by atoms with E-state index in [0.717, 1.165) is 23.3 Å². The number of nitrogens with one attached hydrogen (secondary N) is 2. The summed E-state index contributed by atoms with van der Waals surface area (Å²) in [6, 6.07) is 4.44. The molecular weight excluding hydrogens is 364 g/mol. The maximum Gasteiger partial charge on any atom is 0.237 e. The summed E-state index contributed by atoms with van der Waals surface area (Å²) in [4.78, 5) is 12.6. The first kappa shape index (κ1) is 21.6. The molecule has 1 saturated heterocycles. The second-order valence-electron chi connectivity index (χ2n) is 7.31. The molecule has 0 aromatic heterocycles. The fourth-order valence-electron chi connectivity index (χ4n) is 4.35. The van der Waals surface area contributed by atoms with Gasteiger partial charge in [0.05, 0.1) is 20.3 Å². The van der Waals surface area contributed by atoms with Gasteiger partial charge in [0.25, 0.3) is 0 Å². The van der Waals surface area contributed by atoms with E-state index in [1.807, 2.05) is 18.2 Å². The highest BCUT2D eigenvalue weighted by Crippen LogP contribution is 2.34. The van der Waals surface area contributed by atoms with E-state index >= 15 is 0 Å². The quantitative estimate of drug-likeness (QED) is 0.696. The zero-order valence-corrected chi connectivity index (χ0v) is 17.1. The van der Waals surface area contributed by atoms with Crippen molar-refractivity contribution in [2.75, 3.05) is 14.2 Å². The minimum atomic E-state index is -0.0594. The number of halogens is 1. The van der Waals surface area contributed by atoms with Crippen LogP contribution in [0.1, 0.15) is 43.2 Å². The number of benzene rings is 1. The number of hydrogen-bond donors (Lipinski definition) is 2. The van der Waals surface area contributed by atoms with Crippen LogP contribution >= 0.6 is 12.4 Å². The van der Waals surface area contributed by atoms with E-state index in [1.54, 1.807) is 14.2 Å². The van der Waals surface area contributed by atoms with Gasteiger partial charge in [0.15, 0.2) is 11.5 Å². The molecule has 2 fully saturated rings. The molecular formula is C21H31ClN2O3. The molecule has 1 saturated carbocycles. The molecule has 3 unspecified atom stereocenters. The van der Waals surface area contributed by atoms with Gasteiger partial charge in [-0.1, -0.05) is 18.9 Å². The van der Waals surface area contributed by atoms with E-state index in [2.05, 4.69) is 17.2 Å². The molecule has 3 atom stereocenters. The molecule has 3 rings (SSSR count). The summed E-state index contributed by atoms with van der Waals surface area (Å²) >= 11 is 0. The fraction of sp³-hybridized carbons (Fsp3) is 0.571.